The van der Waals surface area contributed by atoms with E-state index < -0.39 is 6.36 Å². The summed E-state index contributed by atoms with van der Waals surface area (Å²) in [7, 11) is 0. The average molecular weight is 408 g/mol. The number of hydrogen-bond acceptors (Lipinski definition) is 6. The molecule has 28 heavy (non-hydrogen) atoms. The van der Waals surface area contributed by atoms with E-state index in [1.54, 1.807) is 6.07 Å². The molecule has 146 valence electrons. The summed E-state index contributed by atoms with van der Waals surface area (Å²) >= 11 is 1.14. The SMILES string of the molecule is Cc1ccc(C(=O)CSc2nnnn2-c2ccc(OC(F)(F)F)cc2)c(C)c1. The van der Waals surface area contributed by atoms with Crippen molar-refractivity contribution >= 4 is 17.5 Å². The second-order valence-electron chi connectivity index (χ2n) is 5.95. The van der Waals surface area contributed by atoms with Crippen molar-refractivity contribution in [3.63, 3.8) is 0 Å². The van der Waals surface area contributed by atoms with Crippen LogP contribution >= 0.6 is 11.8 Å². The van der Waals surface area contributed by atoms with Crippen LogP contribution in [-0.2, 0) is 0 Å². The molecule has 0 spiro atoms. The Bertz CT molecular complexity index is 987. The van der Waals surface area contributed by atoms with Crippen molar-refractivity contribution in [2.45, 2.75) is 25.4 Å². The van der Waals surface area contributed by atoms with Crippen LogP contribution in [0, 0.1) is 13.8 Å². The molecule has 1 aromatic heterocycles. The quantitative estimate of drug-likeness (QED) is 0.451. The Morgan fingerprint density at radius 3 is 2.50 bits per heavy atom. The van der Waals surface area contributed by atoms with Gasteiger partial charge in [-0.15, -0.1) is 18.3 Å². The van der Waals surface area contributed by atoms with Crippen molar-refractivity contribution in [2.24, 2.45) is 0 Å². The van der Waals surface area contributed by atoms with Crippen LogP contribution in [0.15, 0.2) is 47.6 Å². The summed E-state index contributed by atoms with van der Waals surface area (Å²) in [6, 6.07) is 10.7. The number of benzene rings is 2. The largest absolute Gasteiger partial charge is 0.573 e. The number of carbonyl (C=O) groups is 1. The predicted molar refractivity (Wildman–Crippen MR) is 96.8 cm³/mol. The number of nitrogens with zero attached hydrogens (tertiary/aromatic N) is 4. The lowest BCUT2D eigenvalue weighted by Crippen LogP contribution is -2.17. The third kappa shape index (κ3) is 4.89. The predicted octanol–water partition coefficient (Wildman–Crippen LogP) is 4.15. The minimum Gasteiger partial charge on any atom is -0.406 e. The molecule has 0 N–H and O–H groups in total. The van der Waals surface area contributed by atoms with Gasteiger partial charge in [0.05, 0.1) is 11.4 Å². The van der Waals surface area contributed by atoms with E-state index in [4.69, 9.17) is 0 Å². The lowest BCUT2D eigenvalue weighted by molar-refractivity contribution is -0.274. The third-order valence-electron chi connectivity index (χ3n) is 3.77. The minimum absolute atomic E-state index is 0.0639. The number of hydrogen-bond donors (Lipinski definition) is 0. The molecule has 0 saturated carbocycles. The molecule has 1 heterocycles. The van der Waals surface area contributed by atoms with Crippen LogP contribution < -0.4 is 4.74 Å². The van der Waals surface area contributed by atoms with Gasteiger partial charge in [-0.25, -0.2) is 0 Å². The number of aromatic nitrogens is 4. The summed E-state index contributed by atoms with van der Waals surface area (Å²) in [4.78, 5) is 12.5. The van der Waals surface area contributed by atoms with Crippen molar-refractivity contribution in [3.8, 4) is 11.4 Å². The van der Waals surface area contributed by atoms with Crippen molar-refractivity contribution in [1.29, 1.82) is 0 Å². The summed E-state index contributed by atoms with van der Waals surface area (Å²) in [6.45, 7) is 3.83. The highest BCUT2D eigenvalue weighted by atomic mass is 32.2. The summed E-state index contributed by atoms with van der Waals surface area (Å²) < 4.78 is 41.9. The van der Waals surface area contributed by atoms with Crippen molar-refractivity contribution in [2.75, 3.05) is 5.75 Å². The fourth-order valence-corrected chi connectivity index (χ4v) is 3.33. The number of rotatable bonds is 6. The van der Waals surface area contributed by atoms with Gasteiger partial charge in [0.1, 0.15) is 5.75 Å². The van der Waals surface area contributed by atoms with Crippen LogP contribution in [0.5, 0.6) is 5.75 Å². The van der Waals surface area contributed by atoms with E-state index in [-0.39, 0.29) is 17.3 Å². The van der Waals surface area contributed by atoms with E-state index in [0.29, 0.717) is 16.4 Å². The van der Waals surface area contributed by atoms with Gasteiger partial charge in [0, 0.05) is 5.56 Å². The lowest BCUT2D eigenvalue weighted by atomic mass is 10.0. The first kappa shape index (κ1) is 19.9. The maximum absolute atomic E-state index is 12.5. The maximum atomic E-state index is 12.5. The number of ether oxygens (including phenoxy) is 1. The van der Waals surface area contributed by atoms with E-state index in [9.17, 15) is 18.0 Å². The molecule has 3 rings (SSSR count). The van der Waals surface area contributed by atoms with E-state index in [1.807, 2.05) is 26.0 Å². The normalized spacial score (nSPS) is 11.5. The molecule has 0 saturated heterocycles. The summed E-state index contributed by atoms with van der Waals surface area (Å²) in [5.41, 5.74) is 3.04. The zero-order valence-corrected chi connectivity index (χ0v) is 15.7. The Labute approximate surface area is 162 Å². The average Bonchev–Trinajstić information content (AvgIpc) is 3.07. The number of carbonyl (C=O) groups excluding carboxylic acids is 1. The molecular weight excluding hydrogens is 393 g/mol. The zero-order chi connectivity index (χ0) is 20.3. The van der Waals surface area contributed by atoms with Gasteiger partial charge in [0.2, 0.25) is 5.16 Å². The first-order valence-corrected chi connectivity index (χ1v) is 9.09. The van der Waals surface area contributed by atoms with Crippen LogP contribution in [0.2, 0.25) is 0 Å². The van der Waals surface area contributed by atoms with Crippen LogP contribution in [-0.4, -0.2) is 38.1 Å². The van der Waals surface area contributed by atoms with Crippen molar-refractivity contribution in [1.82, 2.24) is 20.2 Å². The van der Waals surface area contributed by atoms with E-state index >= 15 is 0 Å². The third-order valence-corrected chi connectivity index (χ3v) is 4.69. The number of alkyl halides is 3. The zero-order valence-electron chi connectivity index (χ0n) is 14.9. The standard InChI is InChI=1S/C18H15F3N4O2S/c1-11-3-8-15(12(2)9-11)16(26)10-28-17-22-23-24-25(17)13-4-6-14(7-5-13)27-18(19,20)21/h3-9H,10H2,1-2H3. The number of aryl methyl sites for hydroxylation is 2. The summed E-state index contributed by atoms with van der Waals surface area (Å²) in [5.74, 6) is -0.283. The smallest absolute Gasteiger partial charge is 0.406 e. The minimum atomic E-state index is -4.76. The van der Waals surface area contributed by atoms with E-state index in [2.05, 4.69) is 20.3 Å². The molecule has 0 aliphatic heterocycles. The molecule has 3 aromatic rings. The molecule has 0 atom stereocenters. The van der Waals surface area contributed by atoms with Crippen LogP contribution in [0.3, 0.4) is 0 Å². The highest BCUT2D eigenvalue weighted by Crippen LogP contribution is 2.25. The Hall–Kier alpha value is -2.88. The Morgan fingerprint density at radius 1 is 1.14 bits per heavy atom. The number of Topliss-reactive ketones (excluding diaryl/α,β-unsaturated/α-hetero) is 1. The van der Waals surface area contributed by atoms with Crippen LogP contribution in [0.25, 0.3) is 5.69 Å². The molecule has 10 heteroatoms. The lowest BCUT2D eigenvalue weighted by Gasteiger charge is -2.09. The topological polar surface area (TPSA) is 69.9 Å². The first-order valence-electron chi connectivity index (χ1n) is 8.11. The molecule has 6 nitrogen and oxygen atoms in total. The maximum Gasteiger partial charge on any atom is 0.573 e. The molecule has 0 fully saturated rings. The number of tetrazole rings is 1. The van der Waals surface area contributed by atoms with Gasteiger partial charge >= 0.3 is 6.36 Å². The second kappa shape index (κ2) is 8.01. The van der Waals surface area contributed by atoms with Gasteiger partial charge in [-0.2, -0.15) is 4.68 Å². The fourth-order valence-electron chi connectivity index (χ4n) is 2.55. The molecule has 0 bridgehead atoms. The van der Waals surface area contributed by atoms with Gasteiger partial charge in [-0.3, -0.25) is 4.79 Å². The van der Waals surface area contributed by atoms with Gasteiger partial charge in [0.15, 0.2) is 5.78 Å². The Balaban J connectivity index is 1.71. The molecular formula is C18H15F3N4O2S. The number of ketones is 1. The molecule has 0 unspecified atom stereocenters. The molecule has 0 aliphatic carbocycles. The molecule has 2 aromatic carbocycles. The van der Waals surface area contributed by atoms with Crippen molar-refractivity contribution in [3.05, 3.63) is 59.2 Å². The number of thioether (sulfide) groups is 1. The van der Waals surface area contributed by atoms with Crippen LogP contribution in [0.1, 0.15) is 21.5 Å². The molecule has 0 radical (unpaired) electrons. The fraction of sp³-hybridized carbons (Fsp3) is 0.222. The second-order valence-corrected chi connectivity index (χ2v) is 6.89. The number of halogens is 3. The van der Waals surface area contributed by atoms with Crippen LogP contribution in [0.4, 0.5) is 13.2 Å². The summed E-state index contributed by atoms with van der Waals surface area (Å²) in [6.07, 6.45) is -4.76. The van der Waals surface area contributed by atoms with Gasteiger partial charge < -0.3 is 4.74 Å². The Kier molecular flexibility index (Phi) is 5.68. The van der Waals surface area contributed by atoms with Gasteiger partial charge in [-0.1, -0.05) is 35.5 Å². The van der Waals surface area contributed by atoms with E-state index in [1.165, 1.54) is 28.9 Å². The first-order chi connectivity index (χ1) is 13.2. The molecule has 0 amide bonds. The highest BCUT2D eigenvalue weighted by molar-refractivity contribution is 7.99. The molecule has 0 aliphatic rings. The van der Waals surface area contributed by atoms with Gasteiger partial charge in [0.25, 0.3) is 0 Å². The van der Waals surface area contributed by atoms with E-state index in [0.717, 1.165) is 22.9 Å². The Morgan fingerprint density at radius 2 is 1.86 bits per heavy atom. The summed E-state index contributed by atoms with van der Waals surface area (Å²) in [5, 5.41) is 11.6. The highest BCUT2D eigenvalue weighted by Gasteiger charge is 2.31. The van der Waals surface area contributed by atoms with Gasteiger partial charge in [-0.05, 0) is 54.1 Å². The monoisotopic (exact) mass is 408 g/mol. The van der Waals surface area contributed by atoms with Crippen molar-refractivity contribution < 1.29 is 22.7 Å².